The predicted molar refractivity (Wildman–Crippen MR) is 111 cm³/mol. The summed E-state index contributed by atoms with van der Waals surface area (Å²) in [5, 5.41) is 15.4. The van der Waals surface area contributed by atoms with Crippen molar-refractivity contribution in [1.82, 2.24) is 15.4 Å². The summed E-state index contributed by atoms with van der Waals surface area (Å²) in [6.07, 6.45) is 7.52. The highest BCUT2D eigenvalue weighted by atomic mass is 35.5. The van der Waals surface area contributed by atoms with Gasteiger partial charge in [-0.05, 0) is 31.0 Å². The molecule has 3 N–H and O–H groups in total. The van der Waals surface area contributed by atoms with E-state index < -0.39 is 10.8 Å². The molecule has 0 saturated heterocycles. The second-order valence-corrected chi connectivity index (χ2v) is 7.56. The quantitative estimate of drug-likeness (QED) is 0.342. The van der Waals surface area contributed by atoms with E-state index >= 15 is 0 Å². The molecule has 9 nitrogen and oxygen atoms in total. The lowest BCUT2D eigenvalue weighted by Crippen LogP contribution is -2.30. The van der Waals surface area contributed by atoms with Gasteiger partial charge in [0.15, 0.2) is 0 Å². The number of hydrogen-bond acceptors (Lipinski definition) is 7. The largest absolute Gasteiger partial charge is 0.361 e. The lowest BCUT2D eigenvalue weighted by molar-refractivity contribution is -0.383. The topological polar surface area (TPSA) is 122 Å². The van der Waals surface area contributed by atoms with Crippen LogP contribution in [0.5, 0.6) is 0 Å². The Hall–Kier alpha value is -2.65. The number of carbonyl (C=O) groups is 1. The molecule has 1 fully saturated rings. The van der Waals surface area contributed by atoms with Crippen molar-refractivity contribution in [3.8, 4) is 0 Å². The summed E-state index contributed by atoms with van der Waals surface area (Å²) in [5.74, 6) is -0.587. The summed E-state index contributed by atoms with van der Waals surface area (Å²) >= 11 is 11.8. The number of anilines is 2. The van der Waals surface area contributed by atoms with Gasteiger partial charge in [-0.15, -0.1) is 0 Å². The zero-order valence-corrected chi connectivity index (χ0v) is 17.0. The molecular weight excluding hydrogens is 419 g/mol. The molecule has 0 spiro atoms. The number of nitrogens with zero attached hydrogens (tertiary/aromatic N) is 3. The van der Waals surface area contributed by atoms with Crippen molar-refractivity contribution in [2.75, 3.05) is 10.7 Å². The van der Waals surface area contributed by atoms with Crippen LogP contribution in [-0.4, -0.2) is 26.8 Å². The smallest absolute Gasteiger partial charge is 0.354 e. The van der Waals surface area contributed by atoms with Gasteiger partial charge in [0.2, 0.25) is 11.6 Å². The molecule has 0 radical (unpaired) electrons. The van der Waals surface area contributed by atoms with Gasteiger partial charge in [0.1, 0.15) is 6.33 Å². The van der Waals surface area contributed by atoms with Crippen molar-refractivity contribution >= 4 is 46.4 Å². The summed E-state index contributed by atoms with van der Waals surface area (Å²) < 4.78 is 0. The highest BCUT2D eigenvalue weighted by Crippen LogP contribution is 2.31. The standard InChI is InChI=1S/C18H20Cl2N6O3/c19-11-7-8-13(14(20)9-11)18(27)25-24-17-15(26(28)29)16(21-10-22-17)23-12-5-3-1-2-4-6-12/h7-10,12H,1-6H2,(H,25,27)(H2,21,22,23,24). The third-order valence-corrected chi connectivity index (χ3v) is 5.22. The second kappa shape index (κ2) is 9.71. The number of halogens is 2. The molecule has 29 heavy (non-hydrogen) atoms. The Kier molecular flexibility index (Phi) is 7.05. The van der Waals surface area contributed by atoms with Crippen molar-refractivity contribution in [2.45, 2.75) is 44.6 Å². The molecule has 1 aliphatic rings. The molecule has 11 heteroatoms. The van der Waals surface area contributed by atoms with Crippen LogP contribution in [0.2, 0.25) is 10.0 Å². The van der Waals surface area contributed by atoms with E-state index in [4.69, 9.17) is 23.2 Å². The molecule has 0 unspecified atom stereocenters. The average Bonchev–Trinajstić information content (AvgIpc) is 2.94. The van der Waals surface area contributed by atoms with Gasteiger partial charge in [-0.2, -0.15) is 0 Å². The lowest BCUT2D eigenvalue weighted by Gasteiger charge is -2.17. The van der Waals surface area contributed by atoms with Gasteiger partial charge in [-0.1, -0.05) is 48.9 Å². The third kappa shape index (κ3) is 5.45. The minimum absolute atomic E-state index is 0.112. The number of hydrogen-bond donors (Lipinski definition) is 3. The van der Waals surface area contributed by atoms with Gasteiger partial charge < -0.3 is 5.32 Å². The number of rotatable bonds is 6. The van der Waals surface area contributed by atoms with E-state index in [9.17, 15) is 14.9 Å². The summed E-state index contributed by atoms with van der Waals surface area (Å²) in [6.45, 7) is 0. The van der Waals surface area contributed by atoms with Crippen molar-refractivity contribution in [2.24, 2.45) is 0 Å². The minimum atomic E-state index is -0.585. The van der Waals surface area contributed by atoms with Gasteiger partial charge in [-0.25, -0.2) is 9.97 Å². The summed E-state index contributed by atoms with van der Waals surface area (Å²) in [4.78, 5) is 31.4. The molecular formula is C18H20Cl2N6O3. The molecule has 0 atom stereocenters. The van der Waals surface area contributed by atoms with Gasteiger partial charge in [0.05, 0.1) is 15.5 Å². The van der Waals surface area contributed by atoms with E-state index in [0.717, 1.165) is 38.5 Å². The maximum Gasteiger partial charge on any atom is 0.354 e. The van der Waals surface area contributed by atoms with Gasteiger partial charge in [0, 0.05) is 11.1 Å². The van der Waals surface area contributed by atoms with Gasteiger partial charge >= 0.3 is 5.69 Å². The van der Waals surface area contributed by atoms with Crippen LogP contribution in [0.15, 0.2) is 24.5 Å². The first kappa shape index (κ1) is 21.1. The van der Waals surface area contributed by atoms with Crippen LogP contribution in [-0.2, 0) is 0 Å². The number of aromatic nitrogens is 2. The van der Waals surface area contributed by atoms with E-state index in [1.807, 2.05) is 0 Å². The number of amides is 1. The van der Waals surface area contributed by atoms with E-state index in [1.165, 1.54) is 24.5 Å². The summed E-state index contributed by atoms with van der Waals surface area (Å²) in [7, 11) is 0. The zero-order chi connectivity index (χ0) is 20.8. The highest BCUT2D eigenvalue weighted by Gasteiger charge is 2.26. The Balaban J connectivity index is 1.76. The number of benzene rings is 1. The second-order valence-electron chi connectivity index (χ2n) is 6.71. The molecule has 2 aromatic rings. The Labute approximate surface area is 177 Å². The fraction of sp³-hybridized carbons (Fsp3) is 0.389. The average molecular weight is 439 g/mol. The fourth-order valence-corrected chi connectivity index (χ4v) is 3.72. The van der Waals surface area contributed by atoms with E-state index in [0.29, 0.717) is 5.02 Å². The Bertz CT molecular complexity index is 903. The van der Waals surface area contributed by atoms with E-state index in [1.54, 1.807) is 0 Å². The van der Waals surface area contributed by atoms with Crippen LogP contribution in [0.25, 0.3) is 0 Å². The Morgan fingerprint density at radius 3 is 2.45 bits per heavy atom. The molecule has 1 heterocycles. The van der Waals surface area contributed by atoms with Crippen molar-refractivity contribution in [1.29, 1.82) is 0 Å². The minimum Gasteiger partial charge on any atom is -0.361 e. The van der Waals surface area contributed by atoms with Gasteiger partial charge in [0.25, 0.3) is 5.91 Å². The van der Waals surface area contributed by atoms with Crippen LogP contribution >= 0.6 is 23.2 Å². The molecule has 1 aliphatic carbocycles. The maximum atomic E-state index is 12.3. The number of hydrazine groups is 1. The molecule has 3 rings (SSSR count). The number of carbonyl (C=O) groups excluding carboxylic acids is 1. The lowest BCUT2D eigenvalue weighted by atomic mass is 10.1. The molecule has 1 aromatic heterocycles. The molecule has 0 bridgehead atoms. The van der Waals surface area contributed by atoms with E-state index in [2.05, 4.69) is 26.1 Å². The molecule has 0 aliphatic heterocycles. The number of nitro groups is 1. The van der Waals surface area contributed by atoms with Crippen molar-refractivity contribution < 1.29 is 9.72 Å². The first-order valence-corrected chi connectivity index (χ1v) is 9.98. The molecule has 1 aromatic carbocycles. The summed E-state index contributed by atoms with van der Waals surface area (Å²) in [5.41, 5.74) is 4.70. The molecule has 1 amide bonds. The monoisotopic (exact) mass is 438 g/mol. The van der Waals surface area contributed by atoms with Crippen LogP contribution < -0.4 is 16.2 Å². The normalized spacial score (nSPS) is 14.7. The molecule has 154 valence electrons. The molecule has 1 saturated carbocycles. The number of nitrogens with one attached hydrogen (secondary N) is 3. The SMILES string of the molecule is O=C(NNc1ncnc(NC2CCCCCC2)c1[N+](=O)[O-])c1ccc(Cl)cc1Cl. The fourth-order valence-electron chi connectivity index (χ4n) is 3.22. The van der Waals surface area contributed by atoms with Gasteiger partial charge in [-0.3, -0.25) is 25.8 Å². The maximum absolute atomic E-state index is 12.3. The zero-order valence-electron chi connectivity index (χ0n) is 15.5. The van der Waals surface area contributed by atoms with Crippen LogP contribution in [0, 0.1) is 10.1 Å². The Morgan fingerprint density at radius 2 is 1.79 bits per heavy atom. The van der Waals surface area contributed by atoms with E-state index in [-0.39, 0.29) is 34.0 Å². The van der Waals surface area contributed by atoms with Crippen LogP contribution in [0.3, 0.4) is 0 Å². The van der Waals surface area contributed by atoms with Crippen LogP contribution in [0.4, 0.5) is 17.3 Å². The summed E-state index contributed by atoms with van der Waals surface area (Å²) in [6, 6.07) is 4.51. The first-order valence-electron chi connectivity index (χ1n) is 9.23. The van der Waals surface area contributed by atoms with Crippen molar-refractivity contribution in [3.63, 3.8) is 0 Å². The van der Waals surface area contributed by atoms with Crippen LogP contribution in [0.1, 0.15) is 48.9 Å². The highest BCUT2D eigenvalue weighted by molar-refractivity contribution is 6.36. The Morgan fingerprint density at radius 1 is 1.10 bits per heavy atom. The van der Waals surface area contributed by atoms with Crippen molar-refractivity contribution in [3.05, 3.63) is 50.2 Å². The third-order valence-electron chi connectivity index (χ3n) is 4.67. The first-order chi connectivity index (χ1) is 14.0. The predicted octanol–water partition coefficient (Wildman–Crippen LogP) is 4.58.